The second kappa shape index (κ2) is 5.14. The molecule has 114 valence electrons. The van der Waals surface area contributed by atoms with E-state index in [9.17, 15) is 4.79 Å². The summed E-state index contributed by atoms with van der Waals surface area (Å²) in [5.74, 6) is 1.84. The van der Waals surface area contributed by atoms with Crippen LogP contribution in [0.15, 0.2) is 40.8 Å². The van der Waals surface area contributed by atoms with Gasteiger partial charge in [-0.15, -0.1) is 0 Å². The van der Waals surface area contributed by atoms with Gasteiger partial charge in [0.15, 0.2) is 0 Å². The Labute approximate surface area is 134 Å². The molecule has 2 saturated heterocycles. The van der Waals surface area contributed by atoms with Gasteiger partial charge in [-0.1, -0.05) is 11.6 Å². The molecule has 22 heavy (non-hydrogen) atoms. The number of nitrogens with zero attached hydrogens (tertiary/aromatic N) is 2. The Bertz CT molecular complexity index is 710. The van der Waals surface area contributed by atoms with Crippen molar-refractivity contribution >= 4 is 23.2 Å². The number of halogens is 1. The first-order valence-corrected chi connectivity index (χ1v) is 7.94. The van der Waals surface area contributed by atoms with Crippen LogP contribution in [0.5, 0.6) is 0 Å². The average Bonchev–Trinajstić information content (AvgIpc) is 3.18. The highest BCUT2D eigenvalue weighted by molar-refractivity contribution is 6.30. The van der Waals surface area contributed by atoms with E-state index in [4.69, 9.17) is 16.0 Å². The summed E-state index contributed by atoms with van der Waals surface area (Å²) in [5.41, 5.74) is 0.864. The molecule has 5 heteroatoms. The maximum atomic E-state index is 12.9. The Hall–Kier alpha value is -1.78. The lowest BCUT2D eigenvalue weighted by atomic mass is 10.2. The first-order valence-electron chi connectivity index (χ1n) is 7.56. The van der Waals surface area contributed by atoms with E-state index < -0.39 is 0 Å². The van der Waals surface area contributed by atoms with E-state index >= 15 is 0 Å². The molecule has 1 aromatic carbocycles. The molecule has 2 aliphatic heterocycles. The number of benzene rings is 1. The lowest BCUT2D eigenvalue weighted by Crippen LogP contribution is -2.32. The molecule has 1 aromatic heterocycles. The van der Waals surface area contributed by atoms with E-state index in [-0.39, 0.29) is 18.1 Å². The summed E-state index contributed by atoms with van der Waals surface area (Å²) < 4.78 is 5.84. The summed E-state index contributed by atoms with van der Waals surface area (Å²) in [5, 5.41) is 0.668. The molecule has 2 fully saturated rings. The molecule has 4 rings (SSSR count). The quantitative estimate of drug-likeness (QED) is 0.846. The standard InChI is InChI=1S/C17H17ClN2O2/c1-11-4-9-15(22-11)16-19-10-2-3-14(19)17(21)20(16)13-7-5-12(18)6-8-13/h4-9,14,16H,2-3,10H2,1H3. The van der Waals surface area contributed by atoms with Gasteiger partial charge >= 0.3 is 0 Å². The summed E-state index contributed by atoms with van der Waals surface area (Å²) in [6.45, 7) is 2.85. The van der Waals surface area contributed by atoms with Gasteiger partial charge in [-0.25, -0.2) is 0 Å². The zero-order chi connectivity index (χ0) is 15.3. The van der Waals surface area contributed by atoms with Gasteiger partial charge in [0.2, 0.25) is 5.91 Å². The second-order valence-electron chi connectivity index (χ2n) is 5.90. The van der Waals surface area contributed by atoms with Crippen molar-refractivity contribution in [2.75, 3.05) is 11.4 Å². The Balaban J connectivity index is 1.79. The predicted molar refractivity (Wildman–Crippen MR) is 84.9 cm³/mol. The van der Waals surface area contributed by atoms with Gasteiger partial charge in [0, 0.05) is 17.3 Å². The van der Waals surface area contributed by atoms with Crippen molar-refractivity contribution in [2.45, 2.75) is 32.0 Å². The van der Waals surface area contributed by atoms with Gasteiger partial charge < -0.3 is 4.42 Å². The largest absolute Gasteiger partial charge is 0.463 e. The van der Waals surface area contributed by atoms with Crippen LogP contribution in [0.4, 0.5) is 5.69 Å². The van der Waals surface area contributed by atoms with E-state index in [1.54, 1.807) is 0 Å². The van der Waals surface area contributed by atoms with E-state index in [0.717, 1.165) is 36.6 Å². The SMILES string of the molecule is Cc1ccc(C2N(c3ccc(Cl)cc3)C(=O)C3CCCN32)o1. The van der Waals surface area contributed by atoms with Crippen molar-refractivity contribution < 1.29 is 9.21 Å². The Morgan fingerprint density at radius 3 is 2.64 bits per heavy atom. The molecule has 1 amide bonds. The summed E-state index contributed by atoms with van der Waals surface area (Å²) in [4.78, 5) is 17.0. The highest BCUT2D eigenvalue weighted by atomic mass is 35.5. The van der Waals surface area contributed by atoms with Crippen molar-refractivity contribution in [2.24, 2.45) is 0 Å². The highest BCUT2D eigenvalue weighted by Crippen LogP contribution is 2.42. The number of furan rings is 1. The average molecular weight is 317 g/mol. The van der Waals surface area contributed by atoms with Crippen LogP contribution in [0.2, 0.25) is 5.02 Å². The summed E-state index contributed by atoms with van der Waals surface area (Å²) >= 11 is 5.97. The maximum absolute atomic E-state index is 12.9. The van der Waals surface area contributed by atoms with Gasteiger partial charge in [-0.05, 0) is 56.2 Å². The Morgan fingerprint density at radius 1 is 1.18 bits per heavy atom. The number of anilines is 1. The van der Waals surface area contributed by atoms with Crippen molar-refractivity contribution in [3.05, 3.63) is 52.9 Å². The molecule has 4 nitrogen and oxygen atoms in total. The zero-order valence-electron chi connectivity index (χ0n) is 12.3. The smallest absolute Gasteiger partial charge is 0.246 e. The Kier molecular flexibility index (Phi) is 3.24. The van der Waals surface area contributed by atoms with Gasteiger partial charge in [0.05, 0.1) is 6.04 Å². The first kappa shape index (κ1) is 13.9. The molecule has 2 atom stereocenters. The molecule has 2 aliphatic rings. The number of carbonyl (C=O) groups is 1. The minimum atomic E-state index is -0.158. The van der Waals surface area contributed by atoms with Crippen molar-refractivity contribution in [1.82, 2.24) is 4.90 Å². The van der Waals surface area contributed by atoms with Gasteiger partial charge in [0.25, 0.3) is 0 Å². The highest BCUT2D eigenvalue weighted by Gasteiger charge is 2.50. The van der Waals surface area contributed by atoms with E-state index in [1.807, 2.05) is 48.2 Å². The number of fused-ring (bicyclic) bond motifs is 1. The van der Waals surface area contributed by atoms with Crippen LogP contribution in [0.3, 0.4) is 0 Å². The fourth-order valence-corrected chi connectivity index (χ4v) is 3.66. The third kappa shape index (κ3) is 2.06. The number of rotatable bonds is 2. The van der Waals surface area contributed by atoms with Crippen molar-refractivity contribution in [3.63, 3.8) is 0 Å². The van der Waals surface area contributed by atoms with Crippen LogP contribution >= 0.6 is 11.6 Å². The molecule has 0 N–H and O–H groups in total. The molecule has 0 radical (unpaired) electrons. The first-order chi connectivity index (χ1) is 10.6. The van der Waals surface area contributed by atoms with Gasteiger partial charge in [0.1, 0.15) is 17.7 Å². The topological polar surface area (TPSA) is 36.7 Å². The maximum Gasteiger partial charge on any atom is 0.246 e. The monoisotopic (exact) mass is 316 g/mol. The molecule has 3 heterocycles. The fraction of sp³-hybridized carbons (Fsp3) is 0.353. The lowest BCUT2D eigenvalue weighted by molar-refractivity contribution is -0.119. The van der Waals surface area contributed by atoms with Crippen LogP contribution in [0.1, 0.15) is 30.5 Å². The Morgan fingerprint density at radius 2 is 1.95 bits per heavy atom. The number of amides is 1. The summed E-state index contributed by atoms with van der Waals surface area (Å²) in [7, 11) is 0. The summed E-state index contributed by atoms with van der Waals surface area (Å²) in [6.07, 6.45) is 1.81. The van der Waals surface area contributed by atoms with E-state index in [1.165, 1.54) is 0 Å². The number of hydrogen-bond donors (Lipinski definition) is 0. The van der Waals surface area contributed by atoms with Crippen LogP contribution in [-0.4, -0.2) is 23.4 Å². The molecular formula is C17H17ClN2O2. The van der Waals surface area contributed by atoms with Crippen LogP contribution in [0, 0.1) is 6.92 Å². The number of aryl methyl sites for hydroxylation is 1. The minimum absolute atomic E-state index is 0.0360. The van der Waals surface area contributed by atoms with E-state index in [0.29, 0.717) is 5.02 Å². The van der Waals surface area contributed by atoms with Crippen molar-refractivity contribution in [1.29, 1.82) is 0 Å². The molecule has 0 saturated carbocycles. The van der Waals surface area contributed by atoms with Crippen LogP contribution < -0.4 is 4.90 Å². The summed E-state index contributed by atoms with van der Waals surface area (Å²) in [6, 6.07) is 11.3. The zero-order valence-corrected chi connectivity index (χ0v) is 13.1. The van der Waals surface area contributed by atoms with Gasteiger partial charge in [-0.2, -0.15) is 0 Å². The molecule has 0 aliphatic carbocycles. The third-order valence-corrected chi connectivity index (χ3v) is 4.75. The van der Waals surface area contributed by atoms with E-state index in [2.05, 4.69) is 4.90 Å². The number of hydrogen-bond acceptors (Lipinski definition) is 3. The van der Waals surface area contributed by atoms with Crippen LogP contribution in [0.25, 0.3) is 0 Å². The molecule has 0 spiro atoms. The minimum Gasteiger partial charge on any atom is -0.463 e. The molecular weight excluding hydrogens is 300 g/mol. The fourth-order valence-electron chi connectivity index (χ4n) is 3.53. The molecule has 2 aromatic rings. The third-order valence-electron chi connectivity index (χ3n) is 4.50. The normalized spacial score (nSPS) is 25.0. The lowest BCUT2D eigenvalue weighted by Gasteiger charge is -2.27. The molecule has 0 bridgehead atoms. The van der Waals surface area contributed by atoms with Crippen molar-refractivity contribution in [3.8, 4) is 0 Å². The predicted octanol–water partition coefficient (Wildman–Crippen LogP) is 3.75. The molecule has 2 unspecified atom stereocenters. The number of carbonyl (C=O) groups excluding carboxylic acids is 1. The van der Waals surface area contributed by atoms with Crippen LogP contribution in [-0.2, 0) is 4.79 Å². The second-order valence-corrected chi connectivity index (χ2v) is 6.34. The van der Waals surface area contributed by atoms with Gasteiger partial charge in [-0.3, -0.25) is 14.6 Å².